The van der Waals surface area contributed by atoms with Gasteiger partial charge < -0.3 is 5.32 Å². The van der Waals surface area contributed by atoms with Gasteiger partial charge in [-0.1, -0.05) is 43.1 Å². The quantitative estimate of drug-likeness (QED) is 0.670. The van der Waals surface area contributed by atoms with Gasteiger partial charge in [0.2, 0.25) is 6.54 Å². The fourth-order valence-corrected chi connectivity index (χ4v) is 3.39. The predicted octanol–water partition coefficient (Wildman–Crippen LogP) is 4.54. The molecule has 0 spiro atoms. The van der Waals surface area contributed by atoms with E-state index in [0.717, 1.165) is 18.4 Å². The van der Waals surface area contributed by atoms with Crippen molar-refractivity contribution in [1.82, 2.24) is 5.32 Å². The highest BCUT2D eigenvalue weighted by atomic mass is 35.5. The minimum Gasteiger partial charge on any atom is -0.350 e. The molecule has 1 N–H and O–H groups in total. The zero-order chi connectivity index (χ0) is 18.2. The highest BCUT2D eigenvalue weighted by Crippen LogP contribution is 2.22. The molecule has 134 valence electrons. The molecule has 0 saturated heterocycles. The van der Waals surface area contributed by atoms with Crippen LogP contribution in [0.4, 0.5) is 0 Å². The largest absolute Gasteiger partial charge is 0.350 e. The summed E-state index contributed by atoms with van der Waals surface area (Å²) in [6, 6.07) is 9.64. The van der Waals surface area contributed by atoms with Crippen LogP contribution >= 0.6 is 23.2 Å². The molecule has 5 heteroatoms. The number of nitrogens with zero attached hydrogens (tertiary/aromatic N) is 1. The SMILES string of the molecule is CCC(CC)c1cc[n+](CC(=O)NCCc2ccc(Cl)cc2Cl)cc1. The summed E-state index contributed by atoms with van der Waals surface area (Å²) in [5.41, 5.74) is 2.31. The summed E-state index contributed by atoms with van der Waals surface area (Å²) >= 11 is 12.0. The number of nitrogens with one attached hydrogen (secondary N) is 1. The topological polar surface area (TPSA) is 33.0 Å². The zero-order valence-electron chi connectivity index (χ0n) is 14.8. The standard InChI is InChI=1S/C20H24Cl2N2O/c1-3-15(4-2)16-8-11-24(12-9-16)14-20(25)23-10-7-17-5-6-18(21)13-19(17)22/h5-6,8-9,11-13,15H,3-4,7,10,14H2,1-2H3/p+1. The summed E-state index contributed by atoms with van der Waals surface area (Å²) in [5, 5.41) is 4.18. The van der Waals surface area contributed by atoms with Crippen LogP contribution in [-0.2, 0) is 17.8 Å². The molecule has 0 aliphatic carbocycles. The minimum absolute atomic E-state index is 0.00892. The average molecular weight is 380 g/mol. The van der Waals surface area contributed by atoms with Crippen molar-refractivity contribution in [3.05, 3.63) is 63.9 Å². The van der Waals surface area contributed by atoms with Gasteiger partial charge in [0, 0.05) is 28.7 Å². The van der Waals surface area contributed by atoms with Gasteiger partial charge in [-0.25, -0.2) is 0 Å². The fourth-order valence-electron chi connectivity index (χ4n) is 2.89. The normalized spacial score (nSPS) is 10.9. The Morgan fingerprint density at radius 2 is 1.80 bits per heavy atom. The van der Waals surface area contributed by atoms with E-state index < -0.39 is 0 Å². The molecule has 1 aromatic heterocycles. The Labute approximate surface area is 160 Å². The molecule has 0 saturated carbocycles. The van der Waals surface area contributed by atoms with Gasteiger partial charge in [-0.2, -0.15) is 4.57 Å². The number of halogens is 2. The van der Waals surface area contributed by atoms with Gasteiger partial charge in [-0.05, 0) is 48.4 Å². The van der Waals surface area contributed by atoms with Crippen molar-refractivity contribution >= 4 is 29.1 Å². The first kappa shape index (κ1) is 19.7. The summed E-state index contributed by atoms with van der Waals surface area (Å²) in [7, 11) is 0. The molecular formula is C20H25Cl2N2O+. The second-order valence-electron chi connectivity index (χ2n) is 6.15. The van der Waals surface area contributed by atoms with E-state index in [-0.39, 0.29) is 5.91 Å². The second-order valence-corrected chi connectivity index (χ2v) is 7.00. The van der Waals surface area contributed by atoms with Crippen molar-refractivity contribution in [1.29, 1.82) is 0 Å². The number of hydrogen-bond acceptors (Lipinski definition) is 1. The van der Waals surface area contributed by atoms with Crippen molar-refractivity contribution in [2.24, 2.45) is 0 Å². The van der Waals surface area contributed by atoms with E-state index >= 15 is 0 Å². The number of rotatable bonds is 8. The summed E-state index contributed by atoms with van der Waals surface area (Å²) in [6.45, 7) is 5.27. The van der Waals surface area contributed by atoms with Crippen LogP contribution in [0.2, 0.25) is 10.0 Å². The highest BCUT2D eigenvalue weighted by molar-refractivity contribution is 6.35. The maximum absolute atomic E-state index is 12.1. The van der Waals surface area contributed by atoms with Crippen LogP contribution < -0.4 is 9.88 Å². The first-order chi connectivity index (χ1) is 12.0. The number of benzene rings is 1. The number of carbonyl (C=O) groups is 1. The van der Waals surface area contributed by atoms with E-state index in [0.29, 0.717) is 35.5 Å². The zero-order valence-corrected chi connectivity index (χ0v) is 16.3. The Hall–Kier alpha value is -1.58. The molecule has 2 rings (SSSR count). The number of carbonyl (C=O) groups excluding carboxylic acids is 1. The van der Waals surface area contributed by atoms with Gasteiger partial charge in [0.05, 0.1) is 0 Å². The molecule has 0 radical (unpaired) electrons. The Bertz CT molecular complexity index is 697. The molecule has 1 heterocycles. The van der Waals surface area contributed by atoms with Crippen LogP contribution in [0, 0.1) is 0 Å². The van der Waals surface area contributed by atoms with Crippen LogP contribution in [0.5, 0.6) is 0 Å². The minimum atomic E-state index is -0.00892. The number of aromatic nitrogens is 1. The molecule has 0 unspecified atom stereocenters. The average Bonchev–Trinajstić information content (AvgIpc) is 2.59. The molecule has 0 aliphatic heterocycles. The third-order valence-electron chi connectivity index (χ3n) is 4.43. The Balaban J connectivity index is 1.82. The maximum atomic E-state index is 12.1. The van der Waals surface area contributed by atoms with Crippen LogP contribution in [-0.4, -0.2) is 12.5 Å². The van der Waals surface area contributed by atoms with E-state index in [2.05, 4.69) is 31.3 Å². The summed E-state index contributed by atoms with van der Waals surface area (Å²) < 4.78 is 1.90. The van der Waals surface area contributed by atoms with Crippen molar-refractivity contribution in [3.8, 4) is 0 Å². The van der Waals surface area contributed by atoms with Gasteiger partial charge >= 0.3 is 0 Å². The van der Waals surface area contributed by atoms with Crippen LogP contribution in [0.1, 0.15) is 43.7 Å². The maximum Gasteiger partial charge on any atom is 0.285 e. The van der Waals surface area contributed by atoms with Gasteiger partial charge in [0.25, 0.3) is 5.91 Å². The first-order valence-corrected chi connectivity index (χ1v) is 9.48. The molecule has 0 aliphatic rings. The lowest BCUT2D eigenvalue weighted by Gasteiger charge is -2.11. The van der Waals surface area contributed by atoms with Crippen molar-refractivity contribution in [2.75, 3.05) is 6.54 Å². The number of hydrogen-bond donors (Lipinski definition) is 1. The van der Waals surface area contributed by atoms with Crippen molar-refractivity contribution in [2.45, 2.75) is 45.6 Å². The van der Waals surface area contributed by atoms with Gasteiger partial charge in [0.1, 0.15) is 0 Å². The fraction of sp³-hybridized carbons (Fsp3) is 0.400. The van der Waals surface area contributed by atoms with E-state index in [1.165, 1.54) is 5.56 Å². The first-order valence-electron chi connectivity index (χ1n) is 8.73. The lowest BCUT2D eigenvalue weighted by Crippen LogP contribution is -2.42. The van der Waals surface area contributed by atoms with E-state index in [9.17, 15) is 4.79 Å². The predicted molar refractivity (Wildman–Crippen MR) is 103 cm³/mol. The highest BCUT2D eigenvalue weighted by Gasteiger charge is 2.12. The molecular weight excluding hydrogens is 355 g/mol. The number of pyridine rings is 1. The lowest BCUT2D eigenvalue weighted by atomic mass is 9.95. The number of amides is 1. The van der Waals surface area contributed by atoms with Gasteiger partial charge in [0.15, 0.2) is 12.4 Å². The van der Waals surface area contributed by atoms with E-state index in [4.69, 9.17) is 23.2 Å². The Morgan fingerprint density at radius 1 is 1.12 bits per heavy atom. The molecule has 3 nitrogen and oxygen atoms in total. The van der Waals surface area contributed by atoms with Crippen molar-refractivity contribution < 1.29 is 9.36 Å². The molecule has 0 fully saturated rings. The summed E-state index contributed by atoms with van der Waals surface area (Å²) in [4.78, 5) is 12.1. The molecule has 1 aromatic carbocycles. The monoisotopic (exact) mass is 379 g/mol. The summed E-state index contributed by atoms with van der Waals surface area (Å²) in [5.74, 6) is 0.581. The molecule has 0 atom stereocenters. The summed E-state index contributed by atoms with van der Waals surface area (Å²) in [6.07, 6.45) is 6.90. The van der Waals surface area contributed by atoms with Gasteiger partial charge in [-0.15, -0.1) is 0 Å². The van der Waals surface area contributed by atoms with E-state index in [1.54, 1.807) is 6.07 Å². The smallest absolute Gasteiger partial charge is 0.285 e. The molecule has 1 amide bonds. The van der Waals surface area contributed by atoms with Gasteiger partial charge in [-0.3, -0.25) is 4.79 Å². The molecule has 2 aromatic rings. The van der Waals surface area contributed by atoms with Crippen LogP contribution in [0.3, 0.4) is 0 Å². The van der Waals surface area contributed by atoms with Crippen molar-refractivity contribution in [3.63, 3.8) is 0 Å². The Kier molecular flexibility index (Phi) is 7.73. The van der Waals surface area contributed by atoms with Crippen LogP contribution in [0.25, 0.3) is 0 Å². The third kappa shape index (κ3) is 6.02. The molecule has 25 heavy (non-hydrogen) atoms. The molecule has 0 bridgehead atoms. The lowest BCUT2D eigenvalue weighted by molar-refractivity contribution is -0.684. The van der Waals surface area contributed by atoms with E-state index in [1.807, 2.05) is 29.1 Å². The Morgan fingerprint density at radius 3 is 2.40 bits per heavy atom. The van der Waals surface area contributed by atoms with Crippen LogP contribution in [0.15, 0.2) is 42.7 Å². The third-order valence-corrected chi connectivity index (χ3v) is 5.02. The second kappa shape index (κ2) is 9.79.